The van der Waals surface area contributed by atoms with E-state index in [2.05, 4.69) is 10.6 Å². The molecule has 24 heavy (non-hydrogen) atoms. The molecule has 2 aromatic carbocycles. The van der Waals surface area contributed by atoms with Gasteiger partial charge in [0.1, 0.15) is 0 Å². The summed E-state index contributed by atoms with van der Waals surface area (Å²) in [5.74, 6) is -0.138. The van der Waals surface area contributed by atoms with Gasteiger partial charge in [0.2, 0.25) is 11.8 Å². The second kappa shape index (κ2) is 8.26. The van der Waals surface area contributed by atoms with Gasteiger partial charge in [-0.2, -0.15) is 0 Å². The Morgan fingerprint density at radius 3 is 2.04 bits per heavy atom. The molecule has 2 amide bonds. The van der Waals surface area contributed by atoms with Gasteiger partial charge >= 0.3 is 0 Å². The number of anilines is 2. The van der Waals surface area contributed by atoms with E-state index in [1.807, 2.05) is 45.3 Å². The molecule has 0 radical (unpaired) electrons. The van der Waals surface area contributed by atoms with Crippen LogP contribution >= 0.6 is 0 Å². The Bertz CT molecular complexity index is 709. The summed E-state index contributed by atoms with van der Waals surface area (Å²) in [5.41, 5.74) is 3.54. The fourth-order valence-corrected chi connectivity index (χ4v) is 2.34. The molecule has 0 aromatic heterocycles. The number of nitrogens with zero attached hydrogens (tertiary/aromatic N) is 1. The quantitative estimate of drug-likeness (QED) is 0.858. The maximum absolute atomic E-state index is 12.1. The predicted molar refractivity (Wildman–Crippen MR) is 97.1 cm³/mol. The monoisotopic (exact) mass is 325 g/mol. The summed E-state index contributed by atoms with van der Waals surface area (Å²) in [7, 11) is 3.68. The molecule has 2 rings (SSSR count). The van der Waals surface area contributed by atoms with Gasteiger partial charge < -0.3 is 15.5 Å². The minimum atomic E-state index is -0.0729. The van der Waals surface area contributed by atoms with Crippen LogP contribution in [0.4, 0.5) is 11.4 Å². The van der Waals surface area contributed by atoms with Crippen molar-refractivity contribution in [1.29, 1.82) is 0 Å². The molecule has 0 bridgehead atoms. The maximum atomic E-state index is 12.1. The molecule has 126 valence electrons. The van der Waals surface area contributed by atoms with E-state index in [1.165, 1.54) is 0 Å². The van der Waals surface area contributed by atoms with Gasteiger partial charge in [0.05, 0.1) is 13.0 Å². The summed E-state index contributed by atoms with van der Waals surface area (Å²) in [4.78, 5) is 25.6. The van der Waals surface area contributed by atoms with E-state index in [-0.39, 0.29) is 11.8 Å². The first-order chi connectivity index (χ1) is 11.4. The lowest BCUT2D eigenvalue weighted by Crippen LogP contribution is -2.27. The number of hydrogen-bond donors (Lipinski definition) is 2. The van der Waals surface area contributed by atoms with E-state index >= 15 is 0 Å². The second-order valence-corrected chi connectivity index (χ2v) is 6.08. The Morgan fingerprint density at radius 1 is 0.917 bits per heavy atom. The Hall–Kier alpha value is -2.66. The van der Waals surface area contributed by atoms with Crippen molar-refractivity contribution in [3.63, 3.8) is 0 Å². The molecule has 0 aliphatic heterocycles. The first-order valence-electron chi connectivity index (χ1n) is 7.82. The number of benzene rings is 2. The van der Waals surface area contributed by atoms with Gasteiger partial charge in [-0.05, 0) is 50.8 Å². The molecule has 5 nitrogen and oxygen atoms in total. The molecule has 0 aliphatic rings. The molecule has 5 heteroatoms. The summed E-state index contributed by atoms with van der Waals surface area (Å²) in [5, 5.41) is 5.67. The van der Waals surface area contributed by atoms with Crippen LogP contribution in [-0.4, -0.2) is 37.4 Å². The van der Waals surface area contributed by atoms with Crippen LogP contribution in [0, 0.1) is 6.92 Å². The molecule has 0 spiro atoms. The number of likely N-dealkylation sites (N-methyl/N-ethyl adjacent to an activating group) is 1. The zero-order valence-electron chi connectivity index (χ0n) is 14.3. The van der Waals surface area contributed by atoms with Crippen LogP contribution in [0.3, 0.4) is 0 Å². The highest BCUT2D eigenvalue weighted by molar-refractivity contribution is 5.94. The summed E-state index contributed by atoms with van der Waals surface area (Å²) >= 11 is 0. The smallest absolute Gasteiger partial charge is 0.238 e. The summed E-state index contributed by atoms with van der Waals surface area (Å²) in [6.07, 6.45) is 0.336. The molecule has 0 aliphatic carbocycles. The minimum Gasteiger partial charge on any atom is -0.326 e. The largest absolute Gasteiger partial charge is 0.326 e. The molecular weight excluding hydrogens is 302 g/mol. The topological polar surface area (TPSA) is 61.4 Å². The third-order valence-corrected chi connectivity index (χ3v) is 3.36. The first kappa shape index (κ1) is 17.7. The van der Waals surface area contributed by atoms with Crippen molar-refractivity contribution in [3.05, 3.63) is 59.7 Å². The van der Waals surface area contributed by atoms with Crippen LogP contribution in [0.25, 0.3) is 0 Å². The molecule has 0 fully saturated rings. The number of hydrogen-bond acceptors (Lipinski definition) is 3. The van der Waals surface area contributed by atoms with Crippen LogP contribution in [0.5, 0.6) is 0 Å². The standard InChI is InChI=1S/C19H23N3O2/c1-14-5-4-6-15(11-14)12-18(23)20-16-7-9-17(10-8-16)21-19(24)13-22(2)3/h4-11H,12-13H2,1-3H3,(H,20,23)(H,21,24). The Labute approximate surface area is 142 Å². The van der Waals surface area contributed by atoms with Crippen molar-refractivity contribution < 1.29 is 9.59 Å². The van der Waals surface area contributed by atoms with Gasteiger partial charge in [-0.3, -0.25) is 9.59 Å². The average molecular weight is 325 g/mol. The van der Waals surface area contributed by atoms with Crippen LogP contribution in [0.2, 0.25) is 0 Å². The number of amides is 2. The number of carbonyl (C=O) groups is 2. The number of rotatable bonds is 6. The Balaban J connectivity index is 1.89. The fourth-order valence-electron chi connectivity index (χ4n) is 2.34. The van der Waals surface area contributed by atoms with Gasteiger partial charge in [-0.15, -0.1) is 0 Å². The summed E-state index contributed by atoms with van der Waals surface area (Å²) < 4.78 is 0. The van der Waals surface area contributed by atoms with Crippen molar-refractivity contribution in [2.45, 2.75) is 13.3 Å². The van der Waals surface area contributed by atoms with Gasteiger partial charge in [0.25, 0.3) is 0 Å². The second-order valence-electron chi connectivity index (χ2n) is 6.08. The highest BCUT2D eigenvalue weighted by atomic mass is 16.2. The molecular formula is C19H23N3O2. The normalized spacial score (nSPS) is 10.5. The number of nitrogens with one attached hydrogen (secondary N) is 2. The highest BCUT2D eigenvalue weighted by Gasteiger charge is 2.06. The van der Waals surface area contributed by atoms with Crippen molar-refractivity contribution in [2.75, 3.05) is 31.3 Å². The van der Waals surface area contributed by atoms with E-state index in [0.717, 1.165) is 11.1 Å². The minimum absolute atomic E-state index is 0.0648. The molecule has 2 aromatic rings. The van der Waals surface area contributed by atoms with Crippen molar-refractivity contribution in [1.82, 2.24) is 4.90 Å². The molecule has 2 N–H and O–H groups in total. The van der Waals surface area contributed by atoms with Crippen LogP contribution in [-0.2, 0) is 16.0 Å². The lowest BCUT2D eigenvalue weighted by atomic mass is 10.1. The SMILES string of the molecule is Cc1cccc(CC(=O)Nc2ccc(NC(=O)CN(C)C)cc2)c1. The molecule has 0 saturated carbocycles. The maximum Gasteiger partial charge on any atom is 0.238 e. The van der Waals surface area contributed by atoms with Crippen molar-refractivity contribution in [3.8, 4) is 0 Å². The predicted octanol–water partition coefficient (Wildman–Crippen LogP) is 2.68. The van der Waals surface area contributed by atoms with E-state index < -0.39 is 0 Å². The Morgan fingerprint density at radius 2 is 1.50 bits per heavy atom. The molecule has 0 heterocycles. The zero-order chi connectivity index (χ0) is 17.5. The fraction of sp³-hybridized carbons (Fsp3) is 0.263. The lowest BCUT2D eigenvalue weighted by molar-refractivity contribution is -0.117. The van der Waals surface area contributed by atoms with Crippen LogP contribution in [0.15, 0.2) is 48.5 Å². The average Bonchev–Trinajstić information content (AvgIpc) is 2.48. The first-order valence-corrected chi connectivity index (χ1v) is 7.82. The van der Waals surface area contributed by atoms with E-state index in [9.17, 15) is 9.59 Å². The third-order valence-electron chi connectivity index (χ3n) is 3.36. The van der Waals surface area contributed by atoms with Gasteiger partial charge in [-0.1, -0.05) is 29.8 Å². The van der Waals surface area contributed by atoms with Gasteiger partial charge in [0.15, 0.2) is 0 Å². The van der Waals surface area contributed by atoms with Crippen LogP contribution < -0.4 is 10.6 Å². The highest BCUT2D eigenvalue weighted by Crippen LogP contribution is 2.14. The van der Waals surface area contributed by atoms with Crippen molar-refractivity contribution >= 4 is 23.2 Å². The molecule has 0 unspecified atom stereocenters. The van der Waals surface area contributed by atoms with E-state index in [4.69, 9.17) is 0 Å². The molecule has 0 atom stereocenters. The number of aryl methyl sites for hydroxylation is 1. The van der Waals surface area contributed by atoms with E-state index in [0.29, 0.717) is 24.3 Å². The van der Waals surface area contributed by atoms with Gasteiger partial charge in [0, 0.05) is 11.4 Å². The van der Waals surface area contributed by atoms with Crippen molar-refractivity contribution in [2.24, 2.45) is 0 Å². The zero-order valence-corrected chi connectivity index (χ0v) is 14.3. The number of carbonyl (C=O) groups excluding carboxylic acids is 2. The summed E-state index contributed by atoms with van der Waals surface area (Å²) in [6.45, 7) is 2.33. The van der Waals surface area contributed by atoms with Gasteiger partial charge in [-0.25, -0.2) is 0 Å². The molecule has 0 saturated heterocycles. The lowest BCUT2D eigenvalue weighted by Gasteiger charge is -2.11. The summed E-state index contributed by atoms with van der Waals surface area (Å²) in [6, 6.07) is 15.0. The Kier molecular flexibility index (Phi) is 6.09. The van der Waals surface area contributed by atoms with Crippen LogP contribution in [0.1, 0.15) is 11.1 Å². The third kappa shape index (κ3) is 5.85. The van der Waals surface area contributed by atoms with E-state index in [1.54, 1.807) is 29.2 Å².